The molecule has 0 aromatic rings. The van der Waals surface area contributed by atoms with E-state index >= 15 is 0 Å². The second-order valence-corrected chi connectivity index (χ2v) is 5.12. The van der Waals surface area contributed by atoms with Crippen LogP contribution < -0.4 is 0 Å². The lowest BCUT2D eigenvalue weighted by atomic mass is 9.91. The van der Waals surface area contributed by atoms with Crippen molar-refractivity contribution in [3.63, 3.8) is 0 Å². The van der Waals surface area contributed by atoms with Gasteiger partial charge in [0.2, 0.25) is 0 Å². The zero-order valence-electron chi connectivity index (χ0n) is 11.7. The fraction of sp³-hybridized carbons (Fsp3) is 0.923. The Bertz CT molecular complexity index is 250. The Kier molecular flexibility index (Phi) is 5.40. The number of carbonyl (C=O) groups excluding carboxylic acids is 1. The van der Waals surface area contributed by atoms with Crippen molar-refractivity contribution >= 4 is 5.97 Å². The van der Waals surface area contributed by atoms with E-state index in [1.165, 1.54) is 0 Å². The van der Waals surface area contributed by atoms with Gasteiger partial charge in [-0.2, -0.15) is 0 Å². The molecule has 1 unspecified atom stereocenters. The zero-order chi connectivity index (χ0) is 12.9. The highest BCUT2D eigenvalue weighted by molar-refractivity contribution is 5.70. The highest BCUT2D eigenvalue weighted by atomic mass is 16.5. The molecule has 1 aliphatic rings. The minimum absolute atomic E-state index is 0.0481. The summed E-state index contributed by atoms with van der Waals surface area (Å²) >= 11 is 0. The second-order valence-electron chi connectivity index (χ2n) is 5.12. The molecule has 0 spiro atoms. The molecule has 17 heavy (non-hydrogen) atoms. The molecule has 1 atom stereocenters. The van der Waals surface area contributed by atoms with E-state index in [0.29, 0.717) is 13.0 Å². The van der Waals surface area contributed by atoms with Crippen LogP contribution in [-0.2, 0) is 9.53 Å². The van der Waals surface area contributed by atoms with Gasteiger partial charge >= 0.3 is 5.97 Å². The molecule has 0 aromatic heterocycles. The lowest BCUT2D eigenvalue weighted by Gasteiger charge is -2.44. The third kappa shape index (κ3) is 3.96. The van der Waals surface area contributed by atoms with Gasteiger partial charge in [0.05, 0.1) is 13.0 Å². The molecule has 1 saturated heterocycles. The average molecular weight is 242 g/mol. The summed E-state index contributed by atoms with van der Waals surface area (Å²) in [5.41, 5.74) is -0.0481. The van der Waals surface area contributed by atoms with E-state index in [2.05, 4.69) is 30.7 Å². The minimum atomic E-state index is -0.0734. The number of esters is 1. The van der Waals surface area contributed by atoms with Gasteiger partial charge in [-0.25, -0.2) is 0 Å². The topological polar surface area (TPSA) is 32.8 Å². The first-order valence-electron chi connectivity index (χ1n) is 6.61. The van der Waals surface area contributed by atoms with Gasteiger partial charge in [-0.1, -0.05) is 6.92 Å². The summed E-state index contributed by atoms with van der Waals surface area (Å²) in [6.45, 7) is 10.9. The van der Waals surface area contributed by atoms with Crippen LogP contribution in [0.1, 0.15) is 33.6 Å². The Balaban J connectivity index is 2.57. The van der Waals surface area contributed by atoms with Crippen molar-refractivity contribution in [1.82, 2.24) is 9.80 Å². The summed E-state index contributed by atoms with van der Waals surface area (Å²) in [6.07, 6.45) is 1.48. The van der Waals surface area contributed by atoms with Crippen molar-refractivity contribution in [2.75, 3.05) is 39.8 Å². The maximum absolute atomic E-state index is 11.7. The van der Waals surface area contributed by atoms with E-state index in [1.807, 2.05) is 6.92 Å². The molecular weight excluding hydrogens is 216 g/mol. The Labute approximate surface area is 105 Å². The minimum Gasteiger partial charge on any atom is -0.466 e. The van der Waals surface area contributed by atoms with Gasteiger partial charge in [-0.3, -0.25) is 9.69 Å². The number of rotatable bonds is 5. The number of hydrogen-bond acceptors (Lipinski definition) is 4. The Morgan fingerprint density at radius 3 is 2.29 bits per heavy atom. The molecule has 1 aliphatic heterocycles. The highest BCUT2D eigenvalue weighted by Gasteiger charge is 2.34. The molecule has 4 heteroatoms. The van der Waals surface area contributed by atoms with Crippen molar-refractivity contribution < 1.29 is 9.53 Å². The fourth-order valence-corrected chi connectivity index (χ4v) is 2.33. The van der Waals surface area contributed by atoms with E-state index in [4.69, 9.17) is 4.74 Å². The summed E-state index contributed by atoms with van der Waals surface area (Å²) in [6, 6.07) is 0. The molecule has 0 bridgehead atoms. The van der Waals surface area contributed by atoms with Crippen molar-refractivity contribution in [3.8, 4) is 0 Å². The molecule has 1 fully saturated rings. The van der Waals surface area contributed by atoms with Crippen molar-refractivity contribution in [2.45, 2.75) is 39.2 Å². The molecule has 1 rings (SSSR count). The molecule has 1 heterocycles. The van der Waals surface area contributed by atoms with Crippen LogP contribution in [0.3, 0.4) is 0 Å². The van der Waals surface area contributed by atoms with Crippen LogP contribution in [0.5, 0.6) is 0 Å². The predicted molar refractivity (Wildman–Crippen MR) is 69.0 cm³/mol. The largest absolute Gasteiger partial charge is 0.466 e. The normalized spacial score (nSPS) is 22.1. The quantitative estimate of drug-likeness (QED) is 0.681. The van der Waals surface area contributed by atoms with Gasteiger partial charge in [0, 0.05) is 31.7 Å². The summed E-state index contributed by atoms with van der Waals surface area (Å²) in [5.74, 6) is -0.0734. The Hall–Kier alpha value is -0.610. The van der Waals surface area contributed by atoms with Crippen molar-refractivity contribution in [3.05, 3.63) is 0 Å². The first-order chi connectivity index (χ1) is 8.01. The monoisotopic (exact) mass is 242 g/mol. The summed E-state index contributed by atoms with van der Waals surface area (Å²) < 4.78 is 5.08. The number of likely N-dealkylation sites (N-methyl/N-ethyl adjacent to an activating group) is 1. The second kappa shape index (κ2) is 6.36. The maximum Gasteiger partial charge on any atom is 0.307 e. The molecule has 4 nitrogen and oxygen atoms in total. The molecule has 0 radical (unpaired) electrons. The molecule has 0 amide bonds. The van der Waals surface area contributed by atoms with Crippen LogP contribution >= 0.6 is 0 Å². The summed E-state index contributed by atoms with van der Waals surface area (Å²) in [5, 5.41) is 0. The molecular formula is C13H26N2O2. The van der Waals surface area contributed by atoms with Gasteiger partial charge in [-0.05, 0) is 27.3 Å². The number of piperazine rings is 1. The van der Waals surface area contributed by atoms with Gasteiger partial charge < -0.3 is 9.64 Å². The molecule has 0 aliphatic carbocycles. The van der Waals surface area contributed by atoms with Crippen LogP contribution in [0.15, 0.2) is 0 Å². The number of hydrogen-bond donors (Lipinski definition) is 0. The van der Waals surface area contributed by atoms with Gasteiger partial charge in [0.1, 0.15) is 0 Å². The van der Waals surface area contributed by atoms with E-state index in [0.717, 1.165) is 32.6 Å². The summed E-state index contributed by atoms with van der Waals surface area (Å²) in [7, 11) is 2.14. The first-order valence-corrected chi connectivity index (χ1v) is 6.61. The fourth-order valence-electron chi connectivity index (χ4n) is 2.33. The van der Waals surface area contributed by atoms with Gasteiger partial charge in [0.15, 0.2) is 0 Å². The maximum atomic E-state index is 11.7. The number of ether oxygens (including phenoxy) is 1. The SMILES string of the molecule is CCOC(=O)CC(C)(CC)N1CCN(C)CC1. The molecule has 0 aromatic carbocycles. The van der Waals surface area contributed by atoms with Crippen LogP contribution in [0.2, 0.25) is 0 Å². The summed E-state index contributed by atoms with van der Waals surface area (Å²) in [4.78, 5) is 16.4. The van der Waals surface area contributed by atoms with Gasteiger partial charge in [-0.15, -0.1) is 0 Å². The first kappa shape index (κ1) is 14.5. The van der Waals surface area contributed by atoms with Gasteiger partial charge in [0.25, 0.3) is 0 Å². The predicted octanol–water partition coefficient (Wildman–Crippen LogP) is 1.36. The number of nitrogens with zero attached hydrogens (tertiary/aromatic N) is 2. The van der Waals surface area contributed by atoms with E-state index in [-0.39, 0.29) is 11.5 Å². The number of carbonyl (C=O) groups is 1. The van der Waals surface area contributed by atoms with Crippen LogP contribution in [0.4, 0.5) is 0 Å². The van der Waals surface area contributed by atoms with Crippen LogP contribution in [0, 0.1) is 0 Å². The molecule has 100 valence electrons. The van der Waals surface area contributed by atoms with E-state index < -0.39 is 0 Å². The van der Waals surface area contributed by atoms with Crippen molar-refractivity contribution in [2.24, 2.45) is 0 Å². The Morgan fingerprint density at radius 1 is 1.24 bits per heavy atom. The third-order valence-electron chi connectivity index (χ3n) is 3.86. The van der Waals surface area contributed by atoms with Crippen molar-refractivity contribution in [1.29, 1.82) is 0 Å². The molecule has 0 saturated carbocycles. The smallest absolute Gasteiger partial charge is 0.307 e. The lowest BCUT2D eigenvalue weighted by Crippen LogP contribution is -2.55. The van der Waals surface area contributed by atoms with E-state index in [9.17, 15) is 4.79 Å². The highest BCUT2D eigenvalue weighted by Crippen LogP contribution is 2.25. The molecule has 0 N–H and O–H groups in total. The average Bonchev–Trinajstić information content (AvgIpc) is 2.30. The third-order valence-corrected chi connectivity index (χ3v) is 3.86. The standard InChI is InChI=1S/C13H26N2O2/c1-5-13(3,11-12(16)17-6-2)15-9-7-14(4)8-10-15/h5-11H2,1-4H3. The van der Waals surface area contributed by atoms with E-state index in [1.54, 1.807) is 0 Å². The van der Waals surface area contributed by atoms with Crippen LogP contribution in [-0.4, -0.2) is 61.1 Å². The zero-order valence-corrected chi connectivity index (χ0v) is 11.7. The Morgan fingerprint density at radius 2 is 1.82 bits per heavy atom. The lowest BCUT2D eigenvalue weighted by molar-refractivity contribution is -0.146. The van der Waals surface area contributed by atoms with Crippen LogP contribution in [0.25, 0.3) is 0 Å².